The lowest BCUT2D eigenvalue weighted by molar-refractivity contribution is -0.870. The van der Waals surface area contributed by atoms with Crippen LogP contribution in [0.15, 0.2) is 0 Å². The molecule has 1 aromatic rings. The molecule has 2 N–H and O–H groups in total. The molecule has 0 saturated carbocycles. The molecule has 0 aliphatic rings. The number of carbonyl (C=O) groups is 3. The number of nitrogens with one attached hydrogen (secondary N) is 2. The summed E-state index contributed by atoms with van der Waals surface area (Å²) in [6.07, 6.45) is 0. The highest BCUT2D eigenvalue weighted by molar-refractivity contribution is 14.1. The Morgan fingerprint density at radius 2 is 1.31 bits per heavy atom. The normalized spacial score (nSPS) is 11.1. The van der Waals surface area contributed by atoms with Crippen LogP contribution in [0.2, 0.25) is 0 Å². The van der Waals surface area contributed by atoms with Gasteiger partial charge in [-0.05, 0) is 67.8 Å². The molecule has 1 aromatic carbocycles. The van der Waals surface area contributed by atoms with Gasteiger partial charge in [0.15, 0.2) is 0 Å². The smallest absolute Gasteiger partial charge is 0.340 e. The molecule has 26 heavy (non-hydrogen) atoms. The van der Waals surface area contributed by atoms with Gasteiger partial charge in [-0.15, -0.1) is 0 Å². The third kappa shape index (κ3) is 6.74. The predicted molar refractivity (Wildman–Crippen MR) is 126 cm³/mol. The van der Waals surface area contributed by atoms with Gasteiger partial charge in [-0.2, -0.15) is 0 Å². The van der Waals surface area contributed by atoms with E-state index in [1.807, 2.05) is 88.9 Å². The van der Waals surface area contributed by atoms with Gasteiger partial charge in [0.05, 0.1) is 48.8 Å². The number of rotatable bonds is 6. The fourth-order valence-electron chi connectivity index (χ4n) is 1.90. The Hall–Kier alpha value is -0.220. The molecule has 0 spiro atoms. The minimum absolute atomic E-state index is 0.264. The van der Waals surface area contributed by atoms with E-state index >= 15 is 0 Å². The van der Waals surface area contributed by atoms with Crippen LogP contribution in [0.3, 0.4) is 0 Å². The topological polar surface area (TPSA) is 84.5 Å². The van der Waals surface area contributed by atoms with Gasteiger partial charge in [-0.1, -0.05) is 0 Å². The zero-order chi connectivity index (χ0) is 20.2. The van der Waals surface area contributed by atoms with E-state index in [0.717, 1.165) is 0 Å². The third-order valence-electron chi connectivity index (χ3n) is 3.12. The number of carbonyl (C=O) groups excluding carboxylic acids is 3. The Labute approximate surface area is 194 Å². The molecule has 0 fully saturated rings. The molecule has 0 radical (unpaired) electrons. The first-order chi connectivity index (χ1) is 11.8. The van der Waals surface area contributed by atoms with Crippen molar-refractivity contribution in [3.63, 3.8) is 0 Å². The quantitative estimate of drug-likeness (QED) is 0.272. The van der Waals surface area contributed by atoms with Crippen LogP contribution in [0.1, 0.15) is 24.2 Å². The average Bonchev–Trinajstić information content (AvgIpc) is 2.46. The monoisotopic (exact) mass is 700 g/mol. The Kier molecular flexibility index (Phi) is 8.99. The first kappa shape index (κ1) is 23.8. The van der Waals surface area contributed by atoms with E-state index in [1.54, 1.807) is 0 Å². The lowest BCUT2D eigenvalue weighted by atomic mass is 10.1. The van der Waals surface area contributed by atoms with Gasteiger partial charge in [0, 0.05) is 13.8 Å². The van der Waals surface area contributed by atoms with Gasteiger partial charge in [0.1, 0.15) is 13.2 Å². The predicted octanol–water partition coefficient (Wildman–Crippen LogP) is 3.28. The molecule has 7 nitrogen and oxygen atoms in total. The summed E-state index contributed by atoms with van der Waals surface area (Å²) >= 11 is 6.08. The first-order valence-electron chi connectivity index (χ1n) is 7.58. The minimum Gasteiger partial charge on any atom is -0.456 e. The van der Waals surface area contributed by atoms with E-state index < -0.39 is 5.97 Å². The van der Waals surface area contributed by atoms with E-state index in [1.165, 1.54) is 13.8 Å². The molecule has 144 valence electrons. The van der Waals surface area contributed by atoms with Crippen molar-refractivity contribution in [3.8, 4) is 0 Å². The van der Waals surface area contributed by atoms with Crippen molar-refractivity contribution in [2.75, 3.05) is 44.9 Å². The number of halogens is 3. The highest BCUT2D eigenvalue weighted by atomic mass is 127. The maximum atomic E-state index is 12.7. The van der Waals surface area contributed by atoms with Crippen molar-refractivity contribution >= 4 is 96.9 Å². The highest BCUT2D eigenvalue weighted by Gasteiger charge is 2.27. The van der Waals surface area contributed by atoms with E-state index in [4.69, 9.17) is 4.74 Å². The summed E-state index contributed by atoms with van der Waals surface area (Å²) in [4.78, 5) is 35.8. The fourth-order valence-corrected chi connectivity index (χ4v) is 6.05. The van der Waals surface area contributed by atoms with Gasteiger partial charge in [0.2, 0.25) is 11.8 Å². The third-order valence-corrected chi connectivity index (χ3v) is 6.35. The molecule has 0 bridgehead atoms. The van der Waals surface area contributed by atoms with E-state index in [2.05, 4.69) is 10.6 Å². The summed E-state index contributed by atoms with van der Waals surface area (Å²) in [7, 11) is 6.03. The summed E-state index contributed by atoms with van der Waals surface area (Å²) < 4.78 is 7.92. The number of likely N-dealkylation sites (N-methyl/N-ethyl adjacent to an activating group) is 1. The van der Waals surface area contributed by atoms with Crippen molar-refractivity contribution < 1.29 is 23.6 Å². The van der Waals surface area contributed by atoms with Gasteiger partial charge >= 0.3 is 5.97 Å². The van der Waals surface area contributed by atoms with Crippen molar-refractivity contribution in [2.24, 2.45) is 0 Å². The van der Waals surface area contributed by atoms with Crippen LogP contribution in [0, 0.1) is 10.7 Å². The van der Waals surface area contributed by atoms with E-state index in [0.29, 0.717) is 38.7 Å². The maximum Gasteiger partial charge on any atom is 0.340 e. The average molecular weight is 700 g/mol. The van der Waals surface area contributed by atoms with E-state index in [9.17, 15) is 14.4 Å². The van der Waals surface area contributed by atoms with Crippen molar-refractivity contribution in [1.29, 1.82) is 0 Å². The summed E-state index contributed by atoms with van der Waals surface area (Å²) in [5, 5.41) is 5.48. The number of benzene rings is 1. The van der Waals surface area contributed by atoms with Crippen molar-refractivity contribution in [1.82, 2.24) is 0 Å². The molecular weight excluding hydrogens is 679 g/mol. The molecule has 0 heterocycles. The van der Waals surface area contributed by atoms with Gasteiger partial charge in [0.25, 0.3) is 0 Å². The second-order valence-corrected chi connectivity index (χ2v) is 9.82. The molecule has 0 aliphatic heterocycles. The molecule has 0 saturated heterocycles. The molecule has 10 heteroatoms. The molecule has 0 unspecified atom stereocenters. The van der Waals surface area contributed by atoms with Crippen LogP contribution in [0.5, 0.6) is 0 Å². The minimum atomic E-state index is -0.484. The van der Waals surface area contributed by atoms with Crippen LogP contribution >= 0.6 is 67.8 Å². The number of esters is 1. The molecule has 0 aliphatic carbocycles. The second-order valence-electron chi connectivity index (χ2n) is 6.58. The van der Waals surface area contributed by atoms with Crippen LogP contribution in [-0.2, 0) is 14.3 Å². The Morgan fingerprint density at radius 1 is 0.885 bits per heavy atom. The molecule has 0 atom stereocenters. The number of amides is 2. The van der Waals surface area contributed by atoms with Crippen molar-refractivity contribution in [2.45, 2.75) is 13.8 Å². The first-order valence-corrected chi connectivity index (χ1v) is 10.8. The number of ether oxygens (including phenoxy) is 1. The highest BCUT2D eigenvalue weighted by Crippen LogP contribution is 2.39. The zero-order valence-corrected chi connectivity index (χ0v) is 21.6. The summed E-state index contributed by atoms with van der Waals surface area (Å²) in [5.74, 6) is -1.01. The number of nitrogens with zero attached hydrogens (tertiary/aromatic N) is 1. The number of hydrogen-bond acceptors (Lipinski definition) is 4. The van der Waals surface area contributed by atoms with Crippen LogP contribution in [0.25, 0.3) is 0 Å². The van der Waals surface area contributed by atoms with Gasteiger partial charge in [-0.25, -0.2) is 4.79 Å². The SMILES string of the molecule is CC(=O)Nc1c(I)c(NC(C)=O)c(I)c(C(=O)OCC[N+](C)(C)C)c1I. The summed E-state index contributed by atoms with van der Waals surface area (Å²) in [6, 6.07) is 0. The maximum absolute atomic E-state index is 12.7. The van der Waals surface area contributed by atoms with Crippen LogP contribution in [0.4, 0.5) is 11.4 Å². The summed E-state index contributed by atoms with van der Waals surface area (Å²) in [6.45, 7) is 3.72. The zero-order valence-electron chi connectivity index (χ0n) is 15.1. The van der Waals surface area contributed by atoms with Gasteiger partial charge in [-0.3, -0.25) is 9.59 Å². The molecular formula is C16H21I3N3O4+. The molecule has 1 rings (SSSR count). The number of quaternary nitrogens is 1. The Balaban J connectivity index is 3.38. The van der Waals surface area contributed by atoms with Crippen LogP contribution < -0.4 is 10.6 Å². The second kappa shape index (κ2) is 9.82. The van der Waals surface area contributed by atoms with Gasteiger partial charge < -0.3 is 19.9 Å². The largest absolute Gasteiger partial charge is 0.456 e. The Bertz CT molecular complexity index is 702. The molecule has 2 amide bonds. The fraction of sp³-hybridized carbons (Fsp3) is 0.438. The molecule has 0 aromatic heterocycles. The van der Waals surface area contributed by atoms with Crippen LogP contribution in [-0.4, -0.2) is 56.6 Å². The summed E-state index contributed by atoms with van der Waals surface area (Å²) in [5.41, 5.74) is 1.31. The lowest BCUT2D eigenvalue weighted by Gasteiger charge is -2.24. The lowest BCUT2D eigenvalue weighted by Crippen LogP contribution is -2.38. The Morgan fingerprint density at radius 3 is 1.65 bits per heavy atom. The van der Waals surface area contributed by atoms with Crippen molar-refractivity contribution in [3.05, 3.63) is 16.3 Å². The number of hydrogen-bond donors (Lipinski definition) is 2. The number of anilines is 2. The standard InChI is InChI=1S/C16H20I3N3O4/c1-8(23)20-14-11(17)10(16(25)26-7-6-22(3,4)5)12(18)15(13(14)19)21-9(2)24/h6-7H2,1-5H3,(H-,20,21,23,24)/p+1. The van der Waals surface area contributed by atoms with E-state index in [-0.39, 0.29) is 18.4 Å².